The summed E-state index contributed by atoms with van der Waals surface area (Å²) in [6.45, 7) is 1.62. The predicted octanol–water partition coefficient (Wildman–Crippen LogP) is 3.03. The average Bonchev–Trinajstić information content (AvgIpc) is 2.44. The molecule has 0 aromatic heterocycles. The van der Waals surface area contributed by atoms with Crippen LogP contribution in [0.4, 0.5) is 5.69 Å². The largest absolute Gasteiger partial charge is 0.504 e. The van der Waals surface area contributed by atoms with Crippen LogP contribution in [0.25, 0.3) is 0 Å². The number of nitrogens with one attached hydrogen (secondary N) is 1. The van der Waals surface area contributed by atoms with Crippen LogP contribution in [0.5, 0.6) is 5.75 Å². The van der Waals surface area contributed by atoms with Gasteiger partial charge in [0.25, 0.3) is 10.0 Å². The monoisotopic (exact) mass is 322 g/mol. The first-order valence-electron chi connectivity index (χ1n) is 5.86. The van der Waals surface area contributed by atoms with Gasteiger partial charge in [0.1, 0.15) is 0 Å². The Morgan fingerprint density at radius 3 is 2.67 bits per heavy atom. The highest BCUT2D eigenvalue weighted by molar-refractivity contribution is 7.92. The van der Waals surface area contributed by atoms with E-state index >= 15 is 0 Å². The molecule has 0 saturated heterocycles. The van der Waals surface area contributed by atoms with Crippen LogP contribution in [0.15, 0.2) is 41.3 Å². The zero-order valence-electron chi connectivity index (χ0n) is 11.0. The summed E-state index contributed by atoms with van der Waals surface area (Å²) in [7, 11) is -3.94. The molecule has 7 heteroatoms. The standard InChI is InChI=1S/C14H11ClN2O3S/c1-9-5-6-10(8-16)7-13(9)21(19,20)17-12-4-2-3-11(15)14(12)18/h2-7,17-18H,1H3. The Morgan fingerprint density at radius 1 is 1.29 bits per heavy atom. The first kappa shape index (κ1) is 15.2. The van der Waals surface area contributed by atoms with Crippen molar-refractivity contribution in [3.63, 3.8) is 0 Å². The summed E-state index contributed by atoms with van der Waals surface area (Å²) < 4.78 is 27.0. The van der Waals surface area contributed by atoms with Crippen molar-refractivity contribution in [2.24, 2.45) is 0 Å². The number of hydrogen-bond acceptors (Lipinski definition) is 4. The highest BCUT2D eigenvalue weighted by atomic mass is 35.5. The maximum absolute atomic E-state index is 12.4. The number of anilines is 1. The van der Waals surface area contributed by atoms with Crippen LogP contribution in [0.1, 0.15) is 11.1 Å². The van der Waals surface area contributed by atoms with E-state index in [0.717, 1.165) is 0 Å². The summed E-state index contributed by atoms with van der Waals surface area (Å²) >= 11 is 5.74. The molecule has 0 saturated carbocycles. The average molecular weight is 323 g/mol. The van der Waals surface area contributed by atoms with Crippen LogP contribution in [0, 0.1) is 18.3 Å². The van der Waals surface area contributed by atoms with Crippen LogP contribution in [0.2, 0.25) is 5.02 Å². The Morgan fingerprint density at radius 2 is 2.00 bits per heavy atom. The predicted molar refractivity (Wildman–Crippen MR) is 79.8 cm³/mol. The van der Waals surface area contributed by atoms with Gasteiger partial charge in [0.15, 0.2) is 5.75 Å². The van der Waals surface area contributed by atoms with E-state index in [1.54, 1.807) is 13.0 Å². The molecule has 0 amide bonds. The maximum Gasteiger partial charge on any atom is 0.262 e. The van der Waals surface area contributed by atoms with Gasteiger partial charge in [0.2, 0.25) is 0 Å². The molecule has 0 bridgehead atoms. The molecule has 2 aromatic carbocycles. The fourth-order valence-electron chi connectivity index (χ4n) is 1.76. The van der Waals surface area contributed by atoms with E-state index in [1.807, 2.05) is 6.07 Å². The molecule has 108 valence electrons. The SMILES string of the molecule is Cc1ccc(C#N)cc1S(=O)(=O)Nc1cccc(Cl)c1O. The molecule has 0 aliphatic heterocycles. The van der Waals surface area contributed by atoms with Gasteiger partial charge in [-0.15, -0.1) is 0 Å². The first-order chi connectivity index (χ1) is 9.85. The number of halogens is 1. The van der Waals surface area contributed by atoms with Gasteiger partial charge < -0.3 is 5.11 Å². The number of aromatic hydroxyl groups is 1. The molecule has 0 atom stereocenters. The van der Waals surface area contributed by atoms with Crippen LogP contribution in [-0.2, 0) is 10.0 Å². The third-order valence-corrected chi connectivity index (χ3v) is 4.65. The fourth-order valence-corrected chi connectivity index (χ4v) is 3.27. The topological polar surface area (TPSA) is 90.2 Å². The second-order valence-electron chi connectivity index (χ2n) is 4.33. The molecular formula is C14H11ClN2O3S. The number of nitrogens with zero attached hydrogens (tertiary/aromatic N) is 1. The van der Waals surface area contributed by atoms with Crippen molar-refractivity contribution in [1.82, 2.24) is 0 Å². The third kappa shape index (κ3) is 3.10. The Bertz CT molecular complexity index is 842. The number of para-hydroxylation sites is 1. The molecule has 2 rings (SSSR count). The molecule has 2 N–H and O–H groups in total. The molecule has 5 nitrogen and oxygen atoms in total. The van der Waals surface area contributed by atoms with Gasteiger partial charge in [-0.2, -0.15) is 5.26 Å². The van der Waals surface area contributed by atoms with E-state index in [0.29, 0.717) is 5.56 Å². The minimum Gasteiger partial charge on any atom is -0.504 e. The highest BCUT2D eigenvalue weighted by Gasteiger charge is 2.19. The van der Waals surface area contributed by atoms with Crippen molar-refractivity contribution in [2.45, 2.75) is 11.8 Å². The second-order valence-corrected chi connectivity index (χ2v) is 6.39. The van der Waals surface area contributed by atoms with E-state index < -0.39 is 10.0 Å². The number of sulfonamides is 1. The van der Waals surface area contributed by atoms with E-state index in [2.05, 4.69) is 4.72 Å². The number of phenolic OH excluding ortho intramolecular Hbond substituents is 1. The number of hydrogen-bond donors (Lipinski definition) is 2. The van der Waals surface area contributed by atoms with Crippen molar-refractivity contribution in [2.75, 3.05) is 4.72 Å². The number of nitriles is 1. The Balaban J connectivity index is 2.49. The molecule has 0 heterocycles. The van der Waals surface area contributed by atoms with E-state index in [9.17, 15) is 13.5 Å². The number of phenols is 1. The maximum atomic E-state index is 12.4. The summed E-state index contributed by atoms with van der Waals surface area (Å²) in [5.41, 5.74) is 0.698. The summed E-state index contributed by atoms with van der Waals surface area (Å²) in [6, 6.07) is 10.6. The molecule has 0 radical (unpaired) electrons. The van der Waals surface area contributed by atoms with Gasteiger partial charge in [-0.25, -0.2) is 8.42 Å². The number of rotatable bonds is 3. The molecule has 21 heavy (non-hydrogen) atoms. The fraction of sp³-hybridized carbons (Fsp3) is 0.0714. The van der Waals surface area contributed by atoms with Crippen LogP contribution >= 0.6 is 11.6 Å². The van der Waals surface area contributed by atoms with Gasteiger partial charge >= 0.3 is 0 Å². The Kier molecular flexibility index (Phi) is 4.07. The zero-order chi connectivity index (χ0) is 15.6. The highest BCUT2D eigenvalue weighted by Crippen LogP contribution is 2.33. The van der Waals surface area contributed by atoms with E-state index in [4.69, 9.17) is 16.9 Å². The van der Waals surface area contributed by atoms with Gasteiger partial charge in [0.05, 0.1) is 27.2 Å². The summed E-state index contributed by atoms with van der Waals surface area (Å²) in [5.74, 6) is -0.350. The normalized spacial score (nSPS) is 10.9. The molecule has 2 aromatic rings. The molecule has 0 aliphatic carbocycles. The van der Waals surface area contributed by atoms with Crippen molar-refractivity contribution in [3.8, 4) is 11.8 Å². The minimum atomic E-state index is -3.94. The first-order valence-corrected chi connectivity index (χ1v) is 7.72. The van der Waals surface area contributed by atoms with Crippen molar-refractivity contribution in [1.29, 1.82) is 5.26 Å². The van der Waals surface area contributed by atoms with Crippen LogP contribution in [0.3, 0.4) is 0 Å². The lowest BCUT2D eigenvalue weighted by Crippen LogP contribution is -2.14. The smallest absolute Gasteiger partial charge is 0.262 e. The summed E-state index contributed by atoms with van der Waals surface area (Å²) in [4.78, 5) is -0.0269. The summed E-state index contributed by atoms with van der Waals surface area (Å²) in [5, 5.41) is 18.7. The lowest BCUT2D eigenvalue weighted by atomic mass is 10.2. The third-order valence-electron chi connectivity index (χ3n) is 2.84. The van der Waals surface area contributed by atoms with Crippen LogP contribution < -0.4 is 4.72 Å². The molecule has 0 fully saturated rings. The lowest BCUT2D eigenvalue weighted by Gasteiger charge is -2.12. The molecule has 0 unspecified atom stereocenters. The molecule has 0 spiro atoms. The Labute approximate surface area is 127 Å². The number of aryl methyl sites for hydroxylation is 1. The minimum absolute atomic E-state index is 0.0238. The summed E-state index contributed by atoms with van der Waals surface area (Å²) in [6.07, 6.45) is 0. The van der Waals surface area contributed by atoms with Crippen LogP contribution in [-0.4, -0.2) is 13.5 Å². The lowest BCUT2D eigenvalue weighted by molar-refractivity contribution is 0.478. The molecular weight excluding hydrogens is 312 g/mol. The molecule has 0 aliphatic rings. The van der Waals surface area contributed by atoms with E-state index in [-0.39, 0.29) is 26.9 Å². The number of benzene rings is 2. The van der Waals surface area contributed by atoms with Gasteiger partial charge in [-0.1, -0.05) is 23.7 Å². The van der Waals surface area contributed by atoms with Crippen molar-refractivity contribution in [3.05, 3.63) is 52.5 Å². The zero-order valence-corrected chi connectivity index (χ0v) is 12.5. The Hall–Kier alpha value is -2.23. The van der Waals surface area contributed by atoms with Gasteiger partial charge in [-0.05, 0) is 36.8 Å². The second kappa shape index (κ2) is 5.64. The quantitative estimate of drug-likeness (QED) is 0.850. The van der Waals surface area contributed by atoms with Gasteiger partial charge in [0, 0.05) is 0 Å². The van der Waals surface area contributed by atoms with Gasteiger partial charge in [-0.3, -0.25) is 4.72 Å². The van der Waals surface area contributed by atoms with Crippen molar-refractivity contribution < 1.29 is 13.5 Å². The van der Waals surface area contributed by atoms with Crippen molar-refractivity contribution >= 4 is 27.3 Å². The van der Waals surface area contributed by atoms with E-state index in [1.165, 1.54) is 30.3 Å².